The van der Waals surface area contributed by atoms with Crippen LogP contribution in [-0.2, 0) is 6.42 Å². The second-order valence-corrected chi connectivity index (χ2v) is 5.32. The fraction of sp³-hybridized carbons (Fsp3) is 0.176. The van der Waals surface area contributed by atoms with Crippen LogP contribution in [0.3, 0.4) is 0 Å². The Morgan fingerprint density at radius 1 is 1.16 bits per heavy atom. The maximum Gasteiger partial charge on any atom is 0.292 e. The minimum atomic E-state index is -0.421. The van der Waals surface area contributed by atoms with E-state index in [1.165, 1.54) is 18.2 Å². The van der Waals surface area contributed by atoms with Crippen LogP contribution in [0.2, 0.25) is 0 Å². The normalized spacial score (nSPS) is 10.6. The zero-order valence-electron chi connectivity index (χ0n) is 13.2. The summed E-state index contributed by atoms with van der Waals surface area (Å²) in [6.45, 7) is 0.527. The second kappa shape index (κ2) is 7.52. The number of hydrogen-bond donors (Lipinski definition) is 1. The number of anilines is 1. The van der Waals surface area contributed by atoms with Gasteiger partial charge < -0.3 is 9.84 Å². The topological polar surface area (TPSA) is 94.1 Å². The first-order valence-electron chi connectivity index (χ1n) is 7.69. The highest BCUT2D eigenvalue weighted by atomic mass is 19.1. The molecule has 25 heavy (non-hydrogen) atoms. The number of aromatic nitrogens is 2. The standard InChI is InChI=1S/C17H15FN4O3/c18-13-9-7-12(8-10-13)17-20-16(25-21-17)6-3-11-19-14-4-1-2-5-15(14)22(23)24/h1-2,4-5,7-10,19H,3,6,11H2. The molecule has 0 aliphatic carbocycles. The van der Waals surface area contributed by atoms with Crippen LogP contribution in [0.5, 0.6) is 0 Å². The molecule has 0 fully saturated rings. The molecule has 1 heterocycles. The van der Waals surface area contributed by atoms with Crippen molar-refractivity contribution in [2.45, 2.75) is 12.8 Å². The van der Waals surface area contributed by atoms with E-state index in [4.69, 9.17) is 4.52 Å². The molecule has 0 spiro atoms. The van der Waals surface area contributed by atoms with Crippen molar-refractivity contribution >= 4 is 11.4 Å². The summed E-state index contributed by atoms with van der Waals surface area (Å²) in [5.74, 6) is 0.541. The molecular formula is C17H15FN4O3. The SMILES string of the molecule is O=[N+]([O-])c1ccccc1NCCCc1nc(-c2ccc(F)cc2)no1. The lowest BCUT2D eigenvalue weighted by molar-refractivity contribution is -0.384. The van der Waals surface area contributed by atoms with E-state index in [9.17, 15) is 14.5 Å². The van der Waals surface area contributed by atoms with Crippen LogP contribution in [-0.4, -0.2) is 21.6 Å². The van der Waals surface area contributed by atoms with E-state index < -0.39 is 4.92 Å². The summed E-state index contributed by atoms with van der Waals surface area (Å²) in [6.07, 6.45) is 1.19. The molecule has 3 aromatic rings. The zero-order chi connectivity index (χ0) is 17.6. The van der Waals surface area contributed by atoms with Gasteiger partial charge in [0.1, 0.15) is 11.5 Å². The van der Waals surface area contributed by atoms with Crippen molar-refractivity contribution in [1.82, 2.24) is 10.1 Å². The average molecular weight is 342 g/mol. The van der Waals surface area contributed by atoms with Crippen LogP contribution in [0.15, 0.2) is 53.1 Å². The Hall–Kier alpha value is -3.29. The van der Waals surface area contributed by atoms with Crippen molar-refractivity contribution in [3.8, 4) is 11.4 Å². The van der Waals surface area contributed by atoms with Gasteiger partial charge in [0.2, 0.25) is 11.7 Å². The number of rotatable bonds is 7. The third kappa shape index (κ3) is 4.17. The van der Waals surface area contributed by atoms with Gasteiger partial charge in [-0.25, -0.2) is 4.39 Å². The summed E-state index contributed by atoms with van der Waals surface area (Å²) in [5.41, 5.74) is 1.19. The minimum Gasteiger partial charge on any atom is -0.379 e. The molecule has 8 heteroatoms. The number of aryl methyl sites for hydroxylation is 1. The van der Waals surface area contributed by atoms with E-state index in [1.54, 1.807) is 30.3 Å². The van der Waals surface area contributed by atoms with Gasteiger partial charge in [0.15, 0.2) is 0 Å². The van der Waals surface area contributed by atoms with E-state index in [1.807, 2.05) is 0 Å². The molecule has 1 N–H and O–H groups in total. The smallest absolute Gasteiger partial charge is 0.292 e. The van der Waals surface area contributed by atoms with Crippen molar-refractivity contribution < 1.29 is 13.8 Å². The Morgan fingerprint density at radius 3 is 2.68 bits per heavy atom. The number of benzene rings is 2. The van der Waals surface area contributed by atoms with Gasteiger partial charge in [-0.2, -0.15) is 4.98 Å². The van der Waals surface area contributed by atoms with Gasteiger partial charge in [-0.05, 0) is 36.8 Å². The van der Waals surface area contributed by atoms with E-state index >= 15 is 0 Å². The van der Waals surface area contributed by atoms with Gasteiger partial charge in [-0.3, -0.25) is 10.1 Å². The van der Waals surface area contributed by atoms with E-state index in [0.29, 0.717) is 42.4 Å². The largest absolute Gasteiger partial charge is 0.379 e. The first-order chi connectivity index (χ1) is 12.1. The highest BCUT2D eigenvalue weighted by Gasteiger charge is 2.12. The van der Waals surface area contributed by atoms with Gasteiger partial charge >= 0.3 is 0 Å². The van der Waals surface area contributed by atoms with Gasteiger partial charge in [0.25, 0.3) is 5.69 Å². The maximum absolute atomic E-state index is 12.9. The Bertz CT molecular complexity index is 864. The van der Waals surface area contributed by atoms with E-state index in [2.05, 4.69) is 15.5 Å². The van der Waals surface area contributed by atoms with Crippen molar-refractivity contribution in [3.05, 3.63) is 70.4 Å². The number of halogens is 1. The third-order valence-electron chi connectivity index (χ3n) is 3.55. The molecule has 0 atom stereocenters. The highest BCUT2D eigenvalue weighted by Crippen LogP contribution is 2.23. The molecule has 3 rings (SSSR count). The summed E-state index contributed by atoms with van der Waals surface area (Å²) < 4.78 is 18.1. The molecule has 7 nitrogen and oxygen atoms in total. The molecule has 0 saturated heterocycles. The first-order valence-corrected chi connectivity index (χ1v) is 7.69. The predicted molar refractivity (Wildman–Crippen MR) is 89.6 cm³/mol. The number of nitrogens with one attached hydrogen (secondary N) is 1. The van der Waals surface area contributed by atoms with Crippen LogP contribution < -0.4 is 5.32 Å². The van der Waals surface area contributed by atoms with Crippen molar-refractivity contribution in [2.24, 2.45) is 0 Å². The molecule has 0 bridgehead atoms. The Kier molecular flexibility index (Phi) is 4.98. The minimum absolute atomic E-state index is 0.0406. The number of hydrogen-bond acceptors (Lipinski definition) is 6. The zero-order valence-corrected chi connectivity index (χ0v) is 13.2. The fourth-order valence-corrected chi connectivity index (χ4v) is 2.32. The quantitative estimate of drug-likeness (QED) is 0.398. The Labute approximate surface area is 142 Å². The summed E-state index contributed by atoms with van der Waals surface area (Å²) in [6, 6.07) is 12.3. The molecule has 0 unspecified atom stereocenters. The number of para-hydroxylation sites is 2. The lowest BCUT2D eigenvalue weighted by atomic mass is 10.2. The molecule has 128 valence electrons. The summed E-state index contributed by atoms with van der Waals surface area (Å²) in [7, 11) is 0. The van der Waals surface area contributed by atoms with Gasteiger partial charge in [0, 0.05) is 24.6 Å². The molecular weight excluding hydrogens is 327 g/mol. The van der Waals surface area contributed by atoms with Crippen LogP contribution in [0, 0.1) is 15.9 Å². The fourth-order valence-electron chi connectivity index (χ4n) is 2.32. The van der Waals surface area contributed by atoms with Crippen LogP contribution in [0.25, 0.3) is 11.4 Å². The summed E-state index contributed by atoms with van der Waals surface area (Å²) in [5, 5.41) is 17.9. The lowest BCUT2D eigenvalue weighted by Gasteiger charge is -2.05. The van der Waals surface area contributed by atoms with Gasteiger partial charge in [-0.1, -0.05) is 17.3 Å². The van der Waals surface area contributed by atoms with Crippen LogP contribution in [0.1, 0.15) is 12.3 Å². The van der Waals surface area contributed by atoms with Crippen LogP contribution in [0.4, 0.5) is 15.8 Å². The van der Waals surface area contributed by atoms with E-state index in [0.717, 1.165) is 0 Å². The second-order valence-electron chi connectivity index (χ2n) is 5.32. The molecule has 0 saturated carbocycles. The van der Waals surface area contributed by atoms with Crippen molar-refractivity contribution in [2.75, 3.05) is 11.9 Å². The Balaban J connectivity index is 1.53. The van der Waals surface area contributed by atoms with Crippen molar-refractivity contribution in [3.63, 3.8) is 0 Å². The predicted octanol–water partition coefficient (Wildman–Crippen LogP) is 3.83. The van der Waals surface area contributed by atoms with Gasteiger partial charge in [-0.15, -0.1) is 0 Å². The number of nitro groups is 1. The average Bonchev–Trinajstić information content (AvgIpc) is 3.08. The first kappa shape index (κ1) is 16.6. The molecule has 0 aliphatic rings. The molecule has 0 radical (unpaired) electrons. The number of nitro benzene ring substituents is 1. The van der Waals surface area contributed by atoms with Crippen molar-refractivity contribution in [1.29, 1.82) is 0 Å². The summed E-state index contributed by atoms with van der Waals surface area (Å²) in [4.78, 5) is 14.8. The highest BCUT2D eigenvalue weighted by molar-refractivity contribution is 5.61. The third-order valence-corrected chi connectivity index (χ3v) is 3.55. The molecule has 0 aliphatic heterocycles. The number of nitrogens with zero attached hydrogens (tertiary/aromatic N) is 3. The van der Waals surface area contributed by atoms with Gasteiger partial charge in [0.05, 0.1) is 4.92 Å². The van der Waals surface area contributed by atoms with E-state index in [-0.39, 0.29) is 11.5 Å². The Morgan fingerprint density at radius 2 is 1.92 bits per heavy atom. The molecule has 0 amide bonds. The molecule has 1 aromatic heterocycles. The summed E-state index contributed by atoms with van der Waals surface area (Å²) >= 11 is 0. The lowest BCUT2D eigenvalue weighted by Crippen LogP contribution is -2.05. The van der Waals surface area contributed by atoms with Crippen LogP contribution >= 0.6 is 0 Å². The molecule has 2 aromatic carbocycles. The monoisotopic (exact) mass is 342 g/mol. The maximum atomic E-state index is 12.9.